The van der Waals surface area contributed by atoms with Crippen molar-refractivity contribution in [2.75, 3.05) is 26.3 Å². The van der Waals surface area contributed by atoms with Crippen LogP contribution in [0.5, 0.6) is 0 Å². The van der Waals surface area contributed by atoms with Gasteiger partial charge in [-0.05, 0) is 6.07 Å². The van der Waals surface area contributed by atoms with Crippen molar-refractivity contribution < 1.29 is 9.84 Å². The van der Waals surface area contributed by atoms with Gasteiger partial charge in [0, 0.05) is 31.8 Å². The summed E-state index contributed by atoms with van der Waals surface area (Å²) >= 11 is 0. The summed E-state index contributed by atoms with van der Waals surface area (Å²) in [6.45, 7) is 2.59. The van der Waals surface area contributed by atoms with Crippen molar-refractivity contribution in [3.8, 4) is 0 Å². The van der Waals surface area contributed by atoms with Gasteiger partial charge in [0.15, 0.2) is 0 Å². The van der Waals surface area contributed by atoms with Gasteiger partial charge in [-0.3, -0.25) is 5.10 Å². The third-order valence-electron chi connectivity index (χ3n) is 2.29. The molecule has 0 bridgehead atoms. The van der Waals surface area contributed by atoms with Crippen molar-refractivity contribution in [1.82, 2.24) is 15.5 Å². The Kier molecular flexibility index (Phi) is 3.13. The molecular formula is C9H15N3O2. The number of nitrogens with one attached hydrogen (secondary N) is 2. The summed E-state index contributed by atoms with van der Waals surface area (Å²) in [6.07, 6.45) is 0.667. The normalized spacial score (nSPS) is 22.5. The maximum absolute atomic E-state index is 8.75. The molecule has 3 N–H and O–H groups in total. The highest BCUT2D eigenvalue weighted by Crippen LogP contribution is 2.16. The number of ether oxygens (including phenoxy) is 1. The highest BCUT2D eigenvalue weighted by atomic mass is 16.5. The van der Waals surface area contributed by atoms with E-state index in [9.17, 15) is 0 Å². The summed E-state index contributed by atoms with van der Waals surface area (Å²) in [5.74, 6) is 0. The van der Waals surface area contributed by atoms with Crippen LogP contribution in [0.4, 0.5) is 0 Å². The Morgan fingerprint density at radius 2 is 2.57 bits per heavy atom. The molecule has 0 radical (unpaired) electrons. The fourth-order valence-corrected chi connectivity index (χ4v) is 1.55. The highest BCUT2D eigenvalue weighted by molar-refractivity contribution is 5.12. The first-order chi connectivity index (χ1) is 6.90. The van der Waals surface area contributed by atoms with Crippen LogP contribution in [0.3, 0.4) is 0 Å². The molecule has 1 aromatic heterocycles. The Balaban J connectivity index is 2.00. The van der Waals surface area contributed by atoms with Crippen LogP contribution < -0.4 is 5.32 Å². The number of aliphatic hydroxyl groups excluding tert-OH is 1. The van der Waals surface area contributed by atoms with E-state index in [1.165, 1.54) is 0 Å². The molecule has 14 heavy (non-hydrogen) atoms. The quantitative estimate of drug-likeness (QED) is 0.617. The number of morpholine rings is 1. The number of H-pyrrole nitrogens is 1. The van der Waals surface area contributed by atoms with Crippen molar-refractivity contribution in [1.29, 1.82) is 0 Å². The average molecular weight is 197 g/mol. The van der Waals surface area contributed by atoms with Gasteiger partial charge in [0.1, 0.15) is 6.10 Å². The van der Waals surface area contributed by atoms with E-state index in [1.54, 1.807) is 0 Å². The van der Waals surface area contributed by atoms with Crippen LogP contribution >= 0.6 is 0 Å². The zero-order chi connectivity index (χ0) is 9.80. The molecule has 1 unspecified atom stereocenters. The summed E-state index contributed by atoms with van der Waals surface area (Å²) in [5, 5.41) is 19.0. The largest absolute Gasteiger partial charge is 0.396 e. The second-order valence-electron chi connectivity index (χ2n) is 3.36. The van der Waals surface area contributed by atoms with Crippen LogP contribution in [0, 0.1) is 0 Å². The molecule has 1 aliphatic rings. The Labute approximate surface area is 82.5 Å². The second-order valence-corrected chi connectivity index (χ2v) is 3.36. The SMILES string of the molecule is OCCc1cc(C2CNCCO2)n[nH]1. The van der Waals surface area contributed by atoms with Gasteiger partial charge in [0.25, 0.3) is 0 Å². The van der Waals surface area contributed by atoms with Gasteiger partial charge >= 0.3 is 0 Å². The molecule has 1 atom stereocenters. The number of nitrogens with zero attached hydrogens (tertiary/aromatic N) is 1. The summed E-state index contributed by atoms with van der Waals surface area (Å²) < 4.78 is 5.55. The zero-order valence-electron chi connectivity index (χ0n) is 7.99. The second kappa shape index (κ2) is 4.54. The smallest absolute Gasteiger partial charge is 0.114 e. The molecule has 2 heterocycles. The molecule has 1 aliphatic heterocycles. The Hall–Kier alpha value is -0.910. The van der Waals surface area contributed by atoms with Crippen LogP contribution in [-0.4, -0.2) is 41.6 Å². The number of aromatic amines is 1. The third-order valence-corrected chi connectivity index (χ3v) is 2.29. The molecule has 0 aliphatic carbocycles. The van der Waals surface area contributed by atoms with E-state index < -0.39 is 0 Å². The lowest BCUT2D eigenvalue weighted by atomic mass is 10.2. The first-order valence-electron chi connectivity index (χ1n) is 4.87. The van der Waals surface area contributed by atoms with Gasteiger partial charge in [0.05, 0.1) is 12.3 Å². The van der Waals surface area contributed by atoms with Crippen molar-refractivity contribution in [2.24, 2.45) is 0 Å². The Bertz CT molecular complexity index is 281. The van der Waals surface area contributed by atoms with E-state index in [-0.39, 0.29) is 12.7 Å². The van der Waals surface area contributed by atoms with Gasteiger partial charge in [-0.25, -0.2) is 0 Å². The molecule has 5 nitrogen and oxygen atoms in total. The summed E-state index contributed by atoms with van der Waals surface area (Å²) in [7, 11) is 0. The maximum Gasteiger partial charge on any atom is 0.114 e. The molecule has 2 rings (SSSR count). The van der Waals surface area contributed by atoms with Crippen molar-refractivity contribution in [3.63, 3.8) is 0 Å². The lowest BCUT2D eigenvalue weighted by molar-refractivity contribution is 0.0250. The maximum atomic E-state index is 8.75. The van der Waals surface area contributed by atoms with E-state index in [0.717, 1.165) is 31.1 Å². The number of aliphatic hydroxyl groups is 1. The molecule has 0 spiro atoms. The standard InChI is InChI=1S/C9H15N3O2/c13-3-1-7-5-8(12-11-7)9-6-10-2-4-14-9/h5,9-10,13H,1-4,6H2,(H,11,12). The number of rotatable bonds is 3. The van der Waals surface area contributed by atoms with Gasteiger partial charge in [-0.2, -0.15) is 5.10 Å². The average Bonchev–Trinajstić information content (AvgIpc) is 2.68. The molecule has 0 aromatic carbocycles. The minimum absolute atomic E-state index is 0.0486. The lowest BCUT2D eigenvalue weighted by Gasteiger charge is -2.21. The van der Waals surface area contributed by atoms with Crippen LogP contribution in [0.1, 0.15) is 17.5 Å². The minimum Gasteiger partial charge on any atom is -0.396 e. The van der Waals surface area contributed by atoms with Gasteiger partial charge in [-0.1, -0.05) is 0 Å². The number of hydrogen-bond donors (Lipinski definition) is 3. The summed E-state index contributed by atoms with van der Waals surface area (Å²) in [6, 6.07) is 1.95. The highest BCUT2D eigenvalue weighted by Gasteiger charge is 2.18. The van der Waals surface area contributed by atoms with Crippen LogP contribution in [0.15, 0.2) is 6.07 Å². The summed E-state index contributed by atoms with van der Waals surface area (Å²) in [4.78, 5) is 0. The van der Waals surface area contributed by atoms with Crippen LogP contribution in [0.25, 0.3) is 0 Å². The third kappa shape index (κ3) is 2.12. The van der Waals surface area contributed by atoms with Gasteiger partial charge < -0.3 is 15.2 Å². The summed E-state index contributed by atoms with van der Waals surface area (Å²) in [5.41, 5.74) is 1.87. The van der Waals surface area contributed by atoms with Crippen molar-refractivity contribution in [2.45, 2.75) is 12.5 Å². The topological polar surface area (TPSA) is 70.2 Å². The molecule has 0 amide bonds. The van der Waals surface area contributed by atoms with Gasteiger partial charge in [0.2, 0.25) is 0 Å². The van der Waals surface area contributed by atoms with Crippen molar-refractivity contribution >= 4 is 0 Å². The first kappa shape index (κ1) is 9.64. The molecule has 78 valence electrons. The predicted octanol–water partition coefficient (Wildman–Crippen LogP) is -0.395. The Morgan fingerprint density at radius 1 is 1.64 bits per heavy atom. The molecule has 0 saturated carbocycles. The lowest BCUT2D eigenvalue weighted by Crippen LogP contribution is -2.33. The van der Waals surface area contributed by atoms with Crippen LogP contribution in [-0.2, 0) is 11.2 Å². The van der Waals surface area contributed by atoms with E-state index in [4.69, 9.17) is 9.84 Å². The van der Waals surface area contributed by atoms with E-state index in [2.05, 4.69) is 15.5 Å². The fraction of sp³-hybridized carbons (Fsp3) is 0.667. The van der Waals surface area contributed by atoms with E-state index in [1.807, 2.05) is 6.07 Å². The van der Waals surface area contributed by atoms with Crippen LogP contribution in [0.2, 0.25) is 0 Å². The first-order valence-corrected chi connectivity index (χ1v) is 4.87. The fourth-order valence-electron chi connectivity index (χ4n) is 1.55. The molecular weight excluding hydrogens is 182 g/mol. The molecule has 1 aromatic rings. The minimum atomic E-state index is 0.0486. The number of hydrogen-bond acceptors (Lipinski definition) is 4. The molecule has 1 fully saturated rings. The molecule has 1 saturated heterocycles. The van der Waals surface area contributed by atoms with E-state index in [0.29, 0.717) is 6.42 Å². The number of aromatic nitrogens is 2. The zero-order valence-corrected chi connectivity index (χ0v) is 7.99. The Morgan fingerprint density at radius 3 is 3.29 bits per heavy atom. The predicted molar refractivity (Wildman–Crippen MR) is 50.9 cm³/mol. The molecule has 5 heteroatoms. The monoisotopic (exact) mass is 197 g/mol. The van der Waals surface area contributed by atoms with Crippen molar-refractivity contribution in [3.05, 3.63) is 17.5 Å². The van der Waals surface area contributed by atoms with Gasteiger partial charge in [-0.15, -0.1) is 0 Å². The van der Waals surface area contributed by atoms with E-state index >= 15 is 0 Å².